The van der Waals surface area contributed by atoms with Crippen LogP contribution in [0.2, 0.25) is 5.02 Å². The minimum Gasteiger partial charge on any atom is -0.452 e. The minimum absolute atomic E-state index is 0.00681. The maximum Gasteiger partial charge on any atom is 0.287 e. The summed E-state index contributed by atoms with van der Waals surface area (Å²) >= 11 is 10.9. The van der Waals surface area contributed by atoms with Gasteiger partial charge < -0.3 is 4.42 Å². The van der Waals surface area contributed by atoms with E-state index in [1.807, 2.05) is 0 Å². The molecule has 82 valence electrons. The smallest absolute Gasteiger partial charge is 0.287 e. The van der Waals surface area contributed by atoms with E-state index >= 15 is 0 Å². The van der Waals surface area contributed by atoms with E-state index in [9.17, 15) is 9.18 Å². The Labute approximate surface area is 101 Å². The lowest BCUT2D eigenvalue weighted by atomic mass is 10.2. The van der Waals surface area contributed by atoms with Crippen molar-refractivity contribution in [3.8, 4) is 11.3 Å². The zero-order valence-corrected chi connectivity index (χ0v) is 9.35. The van der Waals surface area contributed by atoms with E-state index in [-0.39, 0.29) is 10.8 Å². The molecule has 0 N–H and O–H groups in total. The Balaban J connectivity index is 2.42. The lowest BCUT2D eigenvalue weighted by molar-refractivity contribution is 0.105. The maximum atomic E-state index is 12.9. The highest BCUT2D eigenvalue weighted by Gasteiger charge is 2.10. The Hall–Kier alpha value is -1.32. The average molecular weight is 259 g/mol. The molecule has 0 unspecified atom stereocenters. The van der Waals surface area contributed by atoms with Gasteiger partial charge >= 0.3 is 0 Å². The first-order valence-corrected chi connectivity index (χ1v) is 5.08. The van der Waals surface area contributed by atoms with Crippen molar-refractivity contribution in [3.05, 3.63) is 46.9 Å². The van der Waals surface area contributed by atoms with Gasteiger partial charge in [0, 0.05) is 5.56 Å². The Morgan fingerprint density at radius 1 is 1.25 bits per heavy atom. The van der Waals surface area contributed by atoms with E-state index in [0.29, 0.717) is 11.3 Å². The van der Waals surface area contributed by atoms with E-state index in [0.717, 1.165) is 0 Å². The van der Waals surface area contributed by atoms with Crippen LogP contribution in [0.3, 0.4) is 0 Å². The fourth-order valence-electron chi connectivity index (χ4n) is 1.25. The highest BCUT2D eigenvalue weighted by Crippen LogP contribution is 2.26. The van der Waals surface area contributed by atoms with Crippen molar-refractivity contribution in [1.29, 1.82) is 0 Å². The summed E-state index contributed by atoms with van der Waals surface area (Å²) in [6, 6.07) is 7.16. The summed E-state index contributed by atoms with van der Waals surface area (Å²) in [6.45, 7) is 0. The van der Waals surface area contributed by atoms with Gasteiger partial charge in [0.05, 0.1) is 5.02 Å². The van der Waals surface area contributed by atoms with Crippen molar-refractivity contribution in [1.82, 2.24) is 0 Å². The van der Waals surface area contributed by atoms with Crippen molar-refractivity contribution in [3.63, 3.8) is 0 Å². The van der Waals surface area contributed by atoms with Gasteiger partial charge in [-0.2, -0.15) is 0 Å². The number of rotatable bonds is 2. The van der Waals surface area contributed by atoms with E-state index in [1.165, 1.54) is 24.3 Å². The largest absolute Gasteiger partial charge is 0.452 e. The Morgan fingerprint density at radius 3 is 2.56 bits per heavy atom. The predicted octanol–water partition coefficient (Wildman–Crippen LogP) is 4.12. The van der Waals surface area contributed by atoms with Crippen LogP contribution in [0, 0.1) is 5.82 Å². The van der Waals surface area contributed by atoms with Crippen LogP contribution in [0.25, 0.3) is 11.3 Å². The topological polar surface area (TPSA) is 30.2 Å². The molecule has 0 saturated carbocycles. The van der Waals surface area contributed by atoms with Crippen LogP contribution < -0.4 is 0 Å². The zero-order valence-electron chi connectivity index (χ0n) is 7.84. The quantitative estimate of drug-likeness (QED) is 0.759. The lowest BCUT2D eigenvalue weighted by Gasteiger charge is -1.98. The molecule has 0 aliphatic rings. The molecule has 0 atom stereocenters. The first-order chi connectivity index (χ1) is 7.58. The van der Waals surface area contributed by atoms with Gasteiger partial charge in [0.1, 0.15) is 11.6 Å². The number of halogens is 3. The predicted molar refractivity (Wildman–Crippen MR) is 59.3 cm³/mol. The molecule has 0 spiro atoms. The van der Waals surface area contributed by atoms with E-state index in [2.05, 4.69) is 0 Å². The average Bonchev–Trinajstić information content (AvgIpc) is 2.71. The molecule has 5 heteroatoms. The summed E-state index contributed by atoms with van der Waals surface area (Å²) in [5, 5.41) is -0.688. The van der Waals surface area contributed by atoms with Crippen molar-refractivity contribution in [2.75, 3.05) is 0 Å². The van der Waals surface area contributed by atoms with Gasteiger partial charge in [-0.3, -0.25) is 4.79 Å². The van der Waals surface area contributed by atoms with Gasteiger partial charge in [0.2, 0.25) is 0 Å². The fraction of sp³-hybridized carbons (Fsp3) is 0. The molecule has 2 rings (SSSR count). The van der Waals surface area contributed by atoms with Gasteiger partial charge in [-0.25, -0.2) is 4.39 Å². The van der Waals surface area contributed by atoms with Crippen LogP contribution in [0.15, 0.2) is 34.7 Å². The third kappa shape index (κ3) is 2.10. The van der Waals surface area contributed by atoms with Crippen LogP contribution in [-0.4, -0.2) is 5.24 Å². The minimum atomic E-state index is -0.681. The van der Waals surface area contributed by atoms with E-state index < -0.39 is 11.1 Å². The number of furan rings is 1. The second kappa shape index (κ2) is 4.28. The Kier molecular flexibility index (Phi) is 2.99. The number of benzene rings is 1. The molecule has 16 heavy (non-hydrogen) atoms. The van der Waals surface area contributed by atoms with Crippen LogP contribution in [0.4, 0.5) is 4.39 Å². The highest BCUT2D eigenvalue weighted by molar-refractivity contribution is 6.67. The van der Waals surface area contributed by atoms with E-state index in [1.54, 1.807) is 6.07 Å². The van der Waals surface area contributed by atoms with Gasteiger partial charge in [-0.05, 0) is 41.9 Å². The molecular formula is C11H5Cl2FO2. The molecule has 0 aliphatic heterocycles. The van der Waals surface area contributed by atoms with Crippen LogP contribution in [0.1, 0.15) is 10.6 Å². The first-order valence-electron chi connectivity index (χ1n) is 4.33. The number of carbonyl (C=O) groups is 1. The fourth-order valence-corrected chi connectivity index (χ4v) is 1.53. The molecule has 0 fully saturated rings. The van der Waals surface area contributed by atoms with Crippen LogP contribution >= 0.6 is 23.2 Å². The molecule has 1 aromatic carbocycles. The molecule has 1 heterocycles. The number of hydrogen-bond donors (Lipinski definition) is 0. The molecule has 2 aromatic rings. The van der Waals surface area contributed by atoms with Gasteiger partial charge in [0.25, 0.3) is 5.24 Å². The SMILES string of the molecule is O=C(Cl)c1ccc(-c2ccc(F)c(Cl)c2)o1. The summed E-state index contributed by atoms with van der Waals surface area (Å²) in [5.74, 6) is -0.0615. The monoisotopic (exact) mass is 258 g/mol. The first kappa shape index (κ1) is 11.2. The Morgan fingerprint density at radius 2 is 2.00 bits per heavy atom. The molecular weight excluding hydrogens is 254 g/mol. The van der Waals surface area contributed by atoms with Crippen molar-refractivity contribution in [2.24, 2.45) is 0 Å². The van der Waals surface area contributed by atoms with Crippen LogP contribution in [0.5, 0.6) is 0 Å². The number of carbonyl (C=O) groups excluding carboxylic acids is 1. The molecule has 0 aliphatic carbocycles. The summed E-state index contributed by atoms with van der Waals surface area (Å²) in [6.07, 6.45) is 0. The van der Waals surface area contributed by atoms with Crippen molar-refractivity contribution >= 4 is 28.4 Å². The maximum absolute atomic E-state index is 12.9. The summed E-state index contributed by atoms with van der Waals surface area (Å²) < 4.78 is 18.1. The number of hydrogen-bond acceptors (Lipinski definition) is 2. The van der Waals surface area contributed by atoms with Crippen molar-refractivity contribution in [2.45, 2.75) is 0 Å². The second-order valence-electron chi connectivity index (χ2n) is 3.07. The lowest BCUT2D eigenvalue weighted by Crippen LogP contribution is -1.82. The van der Waals surface area contributed by atoms with Gasteiger partial charge in [-0.1, -0.05) is 11.6 Å². The molecule has 0 amide bonds. The van der Waals surface area contributed by atoms with Crippen molar-refractivity contribution < 1.29 is 13.6 Å². The summed E-state index contributed by atoms with van der Waals surface area (Å²) in [5.41, 5.74) is 0.579. The Bertz CT molecular complexity index is 549. The molecule has 2 nitrogen and oxygen atoms in total. The zero-order chi connectivity index (χ0) is 11.7. The van der Waals surface area contributed by atoms with E-state index in [4.69, 9.17) is 27.6 Å². The summed E-state index contributed by atoms with van der Waals surface area (Å²) in [4.78, 5) is 10.8. The highest BCUT2D eigenvalue weighted by atomic mass is 35.5. The molecule has 0 radical (unpaired) electrons. The van der Waals surface area contributed by atoms with Gasteiger partial charge in [0.15, 0.2) is 5.76 Å². The second-order valence-corrected chi connectivity index (χ2v) is 3.82. The third-order valence-corrected chi connectivity index (χ3v) is 2.48. The van der Waals surface area contributed by atoms with Crippen LogP contribution in [-0.2, 0) is 0 Å². The standard InChI is InChI=1S/C11H5Cl2FO2/c12-7-5-6(1-2-8(7)14)9-3-4-10(16-9)11(13)15/h1-5H. The molecule has 0 bridgehead atoms. The third-order valence-electron chi connectivity index (χ3n) is 2.00. The van der Waals surface area contributed by atoms with Gasteiger partial charge in [-0.15, -0.1) is 0 Å². The molecule has 1 aromatic heterocycles. The summed E-state index contributed by atoms with van der Waals surface area (Å²) in [7, 11) is 0. The molecule has 0 saturated heterocycles. The normalized spacial score (nSPS) is 10.4.